The number of thioether (sulfide) groups is 1. The first-order valence-corrected chi connectivity index (χ1v) is 8.90. The van der Waals surface area contributed by atoms with Crippen molar-refractivity contribution >= 4 is 45.5 Å². The van der Waals surface area contributed by atoms with E-state index in [0.29, 0.717) is 27.8 Å². The number of rotatable bonds is 4. The van der Waals surface area contributed by atoms with Crippen LogP contribution in [0.1, 0.15) is 40.3 Å². The second-order valence-electron chi connectivity index (χ2n) is 5.01. The molecule has 1 fully saturated rings. The molecule has 2 heterocycles. The van der Waals surface area contributed by atoms with Crippen LogP contribution in [0.3, 0.4) is 0 Å². The molecule has 0 aromatic carbocycles. The van der Waals surface area contributed by atoms with Crippen LogP contribution in [0.5, 0.6) is 0 Å². The minimum Gasteiger partial charge on any atom is -0.397 e. The molecule has 0 spiro atoms. The van der Waals surface area contributed by atoms with Gasteiger partial charge in [0.05, 0.1) is 16.1 Å². The van der Waals surface area contributed by atoms with Crippen LogP contribution >= 0.6 is 23.1 Å². The van der Waals surface area contributed by atoms with E-state index in [0.717, 1.165) is 23.8 Å². The zero-order chi connectivity index (χ0) is 15.6. The first-order chi connectivity index (χ1) is 9.99. The Morgan fingerprint density at radius 2 is 2.19 bits per heavy atom. The Bertz CT molecular complexity index is 557. The zero-order valence-corrected chi connectivity index (χ0v) is 14.2. The molecule has 1 atom stereocenters. The topological polar surface area (TPSA) is 75.4 Å². The monoisotopic (exact) mass is 327 g/mol. The van der Waals surface area contributed by atoms with Gasteiger partial charge in [0.25, 0.3) is 5.91 Å². The molecule has 3 N–H and O–H groups in total. The van der Waals surface area contributed by atoms with E-state index in [2.05, 4.69) is 17.1 Å². The lowest BCUT2D eigenvalue weighted by Crippen LogP contribution is -2.37. The van der Waals surface area contributed by atoms with Gasteiger partial charge in [0.1, 0.15) is 5.00 Å². The van der Waals surface area contributed by atoms with Crippen molar-refractivity contribution in [1.29, 1.82) is 0 Å². The average Bonchev–Trinajstić information content (AvgIpc) is 2.83. The van der Waals surface area contributed by atoms with E-state index in [1.54, 1.807) is 14.0 Å². The normalized spacial score (nSPS) is 18.6. The Morgan fingerprint density at radius 1 is 1.48 bits per heavy atom. The quantitative estimate of drug-likeness (QED) is 0.830. The molecule has 1 aromatic rings. The number of amides is 1. The van der Waals surface area contributed by atoms with Gasteiger partial charge >= 0.3 is 0 Å². The number of hydrogen-bond donors (Lipinski definition) is 2. The number of thiophene rings is 1. The van der Waals surface area contributed by atoms with Crippen molar-refractivity contribution in [3.63, 3.8) is 0 Å². The van der Waals surface area contributed by atoms with Gasteiger partial charge in [-0.2, -0.15) is 11.8 Å². The highest BCUT2D eigenvalue weighted by molar-refractivity contribution is 8.00. The van der Waals surface area contributed by atoms with E-state index >= 15 is 0 Å². The Labute approximate surface area is 133 Å². The first kappa shape index (κ1) is 16.2. The molecule has 7 heteroatoms. The lowest BCUT2D eigenvalue weighted by Gasteiger charge is -2.31. The first-order valence-electron chi connectivity index (χ1n) is 7.03. The van der Waals surface area contributed by atoms with Gasteiger partial charge in [0.15, 0.2) is 5.78 Å². The molecule has 1 unspecified atom stereocenters. The fourth-order valence-electron chi connectivity index (χ4n) is 2.37. The molecular formula is C14H21N3O2S2. The van der Waals surface area contributed by atoms with Gasteiger partial charge in [-0.15, -0.1) is 11.3 Å². The summed E-state index contributed by atoms with van der Waals surface area (Å²) in [7, 11) is 1.58. The third-order valence-electron chi connectivity index (χ3n) is 3.48. The number of nitrogens with one attached hydrogen (secondary N) is 1. The smallest absolute Gasteiger partial charge is 0.256 e. The number of carbonyl (C=O) groups is 2. The van der Waals surface area contributed by atoms with Crippen molar-refractivity contribution in [3.05, 3.63) is 10.4 Å². The van der Waals surface area contributed by atoms with Crippen LogP contribution in [0.4, 0.5) is 10.7 Å². The number of Topliss-reactive ketones (excluding diaryl/α,β-unsaturated/α-hetero) is 1. The van der Waals surface area contributed by atoms with E-state index in [9.17, 15) is 9.59 Å². The van der Waals surface area contributed by atoms with E-state index in [-0.39, 0.29) is 11.7 Å². The Balaban J connectivity index is 2.47. The summed E-state index contributed by atoms with van der Waals surface area (Å²) in [5, 5.41) is 3.96. The van der Waals surface area contributed by atoms with Crippen LogP contribution in [-0.4, -0.2) is 42.8 Å². The number of hydrogen-bond acceptors (Lipinski definition) is 6. The Morgan fingerprint density at radius 3 is 2.76 bits per heavy atom. The summed E-state index contributed by atoms with van der Waals surface area (Å²) in [6, 6.07) is 0. The van der Waals surface area contributed by atoms with Gasteiger partial charge in [-0.05, 0) is 0 Å². The molecule has 0 aliphatic carbocycles. The Kier molecular flexibility index (Phi) is 5.16. The summed E-state index contributed by atoms with van der Waals surface area (Å²) in [5.41, 5.74) is 6.88. The number of carbonyl (C=O) groups excluding carboxylic acids is 2. The fraction of sp³-hybridized carbons (Fsp3) is 0.571. The minimum absolute atomic E-state index is 0.00617. The molecule has 116 valence electrons. The predicted molar refractivity (Wildman–Crippen MR) is 90.9 cm³/mol. The molecule has 1 aromatic heterocycles. The molecule has 1 amide bonds. The molecule has 21 heavy (non-hydrogen) atoms. The number of ketones is 1. The number of nitrogens with zero attached hydrogens (tertiary/aromatic N) is 1. The molecule has 5 nitrogen and oxygen atoms in total. The number of nitrogen functional groups attached to an aromatic ring is 1. The molecule has 0 saturated carbocycles. The second kappa shape index (κ2) is 6.70. The van der Waals surface area contributed by atoms with Gasteiger partial charge in [0, 0.05) is 37.6 Å². The van der Waals surface area contributed by atoms with Crippen LogP contribution in [0.2, 0.25) is 0 Å². The van der Waals surface area contributed by atoms with Gasteiger partial charge in [-0.3, -0.25) is 9.59 Å². The predicted octanol–water partition coefficient (Wildman–Crippen LogP) is 2.22. The summed E-state index contributed by atoms with van der Waals surface area (Å²) in [6.45, 7) is 5.72. The summed E-state index contributed by atoms with van der Waals surface area (Å²) in [5.74, 6) is 0.788. The molecule has 1 aliphatic heterocycles. The third-order valence-corrected chi connectivity index (χ3v) is 5.93. The second-order valence-corrected chi connectivity index (χ2v) is 7.55. The molecule has 2 rings (SSSR count). The standard InChI is InChI=1S/C14H21N3O2S2/c1-4-9(18)12-11(15)10(13(19)16-3)14(21-12)17-5-6-20-8(2)7-17/h8H,4-7,15H2,1-3H3,(H,16,19). The lowest BCUT2D eigenvalue weighted by atomic mass is 10.1. The maximum absolute atomic E-state index is 12.2. The van der Waals surface area contributed by atoms with E-state index in [1.165, 1.54) is 11.3 Å². The van der Waals surface area contributed by atoms with Crippen LogP contribution in [-0.2, 0) is 0 Å². The van der Waals surface area contributed by atoms with Gasteiger partial charge < -0.3 is 16.0 Å². The SMILES string of the molecule is CCC(=O)c1sc(N2CCSC(C)C2)c(C(=O)NC)c1N. The fourth-order valence-corrected chi connectivity index (χ4v) is 4.65. The van der Waals surface area contributed by atoms with Crippen molar-refractivity contribution in [3.8, 4) is 0 Å². The summed E-state index contributed by atoms with van der Waals surface area (Å²) in [4.78, 5) is 26.9. The van der Waals surface area contributed by atoms with Gasteiger partial charge in [-0.1, -0.05) is 13.8 Å². The number of nitrogens with two attached hydrogens (primary N) is 1. The highest BCUT2D eigenvalue weighted by Gasteiger charge is 2.29. The number of anilines is 2. The van der Waals surface area contributed by atoms with E-state index in [4.69, 9.17) is 5.73 Å². The maximum atomic E-state index is 12.2. The van der Waals surface area contributed by atoms with Crippen molar-refractivity contribution in [2.45, 2.75) is 25.5 Å². The van der Waals surface area contributed by atoms with Crippen molar-refractivity contribution in [1.82, 2.24) is 5.32 Å². The van der Waals surface area contributed by atoms with E-state index in [1.807, 2.05) is 11.8 Å². The highest BCUT2D eigenvalue weighted by atomic mass is 32.2. The van der Waals surface area contributed by atoms with Crippen LogP contribution in [0.15, 0.2) is 0 Å². The van der Waals surface area contributed by atoms with Crippen molar-refractivity contribution < 1.29 is 9.59 Å². The molecule has 1 aliphatic rings. The Hall–Kier alpha value is -1.21. The molecule has 0 radical (unpaired) electrons. The molecule has 0 bridgehead atoms. The van der Waals surface area contributed by atoms with Crippen molar-refractivity contribution in [2.24, 2.45) is 0 Å². The van der Waals surface area contributed by atoms with E-state index < -0.39 is 0 Å². The van der Waals surface area contributed by atoms with Gasteiger partial charge in [0.2, 0.25) is 0 Å². The average molecular weight is 327 g/mol. The lowest BCUT2D eigenvalue weighted by molar-refractivity contribution is 0.0964. The largest absolute Gasteiger partial charge is 0.397 e. The van der Waals surface area contributed by atoms with Gasteiger partial charge in [-0.25, -0.2) is 0 Å². The zero-order valence-electron chi connectivity index (χ0n) is 12.6. The molecule has 1 saturated heterocycles. The van der Waals surface area contributed by atoms with Crippen molar-refractivity contribution in [2.75, 3.05) is 36.5 Å². The summed E-state index contributed by atoms with van der Waals surface area (Å²) < 4.78 is 0. The van der Waals surface area contributed by atoms with Crippen LogP contribution in [0.25, 0.3) is 0 Å². The summed E-state index contributed by atoms with van der Waals surface area (Å²) in [6.07, 6.45) is 0.392. The third kappa shape index (κ3) is 3.18. The summed E-state index contributed by atoms with van der Waals surface area (Å²) >= 11 is 3.27. The van der Waals surface area contributed by atoms with Crippen LogP contribution in [0, 0.1) is 0 Å². The molecular weight excluding hydrogens is 306 g/mol. The highest BCUT2D eigenvalue weighted by Crippen LogP contribution is 2.40. The maximum Gasteiger partial charge on any atom is 0.256 e. The minimum atomic E-state index is -0.222. The van der Waals surface area contributed by atoms with Crippen LogP contribution < -0.4 is 16.0 Å².